The number of pyridine rings is 2. The third-order valence-electron chi connectivity index (χ3n) is 5.90. The number of fused-ring (bicyclic) bond motifs is 1. The lowest BCUT2D eigenvalue weighted by atomic mass is 10.2. The molecule has 41 heavy (non-hydrogen) atoms. The van der Waals surface area contributed by atoms with E-state index >= 15 is 0 Å². The highest BCUT2D eigenvalue weighted by molar-refractivity contribution is 6.36. The molecule has 0 aliphatic carbocycles. The first-order valence-corrected chi connectivity index (χ1v) is 12.1. The van der Waals surface area contributed by atoms with E-state index in [1.54, 1.807) is 21.1 Å². The van der Waals surface area contributed by atoms with E-state index in [4.69, 9.17) is 22.1 Å². The highest BCUT2D eigenvalue weighted by Gasteiger charge is 2.33. The number of hydrogen-bond acceptors (Lipinski definition) is 10. The van der Waals surface area contributed by atoms with Gasteiger partial charge < -0.3 is 25.7 Å². The Morgan fingerprint density at radius 3 is 2.51 bits per heavy atom. The largest absolute Gasteiger partial charge is 0.450 e. The van der Waals surface area contributed by atoms with E-state index in [1.807, 2.05) is 0 Å². The molecule has 0 radical (unpaired) electrons. The second-order valence-electron chi connectivity index (χ2n) is 8.59. The first-order valence-electron chi connectivity index (χ1n) is 11.7. The predicted octanol–water partition coefficient (Wildman–Crippen LogP) is 3.44. The lowest BCUT2D eigenvalue weighted by molar-refractivity contribution is -0.137. The van der Waals surface area contributed by atoms with Gasteiger partial charge in [0, 0.05) is 39.7 Å². The molecular formula is C24H21ClF3N11O2. The highest BCUT2D eigenvalue weighted by Crippen LogP contribution is 2.35. The van der Waals surface area contributed by atoms with Crippen molar-refractivity contribution in [1.82, 2.24) is 38.9 Å². The molecule has 0 atom stereocenters. The van der Waals surface area contributed by atoms with Gasteiger partial charge in [-0.05, 0) is 6.07 Å². The van der Waals surface area contributed by atoms with Crippen LogP contribution in [0.1, 0.15) is 11.3 Å². The minimum atomic E-state index is -4.73. The van der Waals surface area contributed by atoms with E-state index in [9.17, 15) is 18.0 Å². The molecule has 0 bridgehead atoms. The lowest BCUT2D eigenvalue weighted by Crippen LogP contribution is -2.24. The zero-order valence-electron chi connectivity index (χ0n) is 21.6. The number of anilines is 3. The molecular weight excluding hydrogens is 567 g/mol. The second kappa shape index (κ2) is 10.5. The van der Waals surface area contributed by atoms with Crippen molar-refractivity contribution >= 4 is 46.0 Å². The predicted molar refractivity (Wildman–Crippen MR) is 145 cm³/mol. The van der Waals surface area contributed by atoms with Gasteiger partial charge in [-0.15, -0.1) is 0 Å². The summed E-state index contributed by atoms with van der Waals surface area (Å²) in [6.45, 7) is 0. The molecule has 17 heteroatoms. The quantitative estimate of drug-likeness (QED) is 0.241. The monoisotopic (exact) mass is 587 g/mol. The Balaban J connectivity index is 1.53. The van der Waals surface area contributed by atoms with Crippen molar-refractivity contribution in [3.05, 3.63) is 76.1 Å². The Bertz CT molecular complexity index is 1840. The molecule has 0 saturated carbocycles. The van der Waals surface area contributed by atoms with Crippen LogP contribution in [0.4, 0.5) is 30.6 Å². The zero-order chi connectivity index (χ0) is 29.5. The van der Waals surface area contributed by atoms with Crippen LogP contribution in [0.25, 0.3) is 22.6 Å². The maximum absolute atomic E-state index is 13.7. The standard InChI is InChI=1S/C24H21ClF3N11O2/c1-30-18-9-31-15(7-32-18)16(5-29)41-17-8-33-21-20(19(17)25)38(3)23(36-21)35-14-4-12(24(26,27)28)10-39(22(14)40)13-6-34-37(2)11-13/h4-11H,29H2,1-3H3,(H,30,32)(H,33,35,36)/b16-5+. The molecule has 5 aromatic heterocycles. The number of ether oxygens (including phenoxy) is 1. The van der Waals surface area contributed by atoms with Gasteiger partial charge in [0.2, 0.25) is 5.95 Å². The van der Waals surface area contributed by atoms with Crippen molar-refractivity contribution in [2.45, 2.75) is 6.18 Å². The Morgan fingerprint density at radius 2 is 1.90 bits per heavy atom. The zero-order valence-corrected chi connectivity index (χ0v) is 22.4. The number of aryl methyl sites for hydroxylation is 2. The number of alkyl halides is 3. The van der Waals surface area contributed by atoms with E-state index in [1.165, 1.54) is 46.4 Å². The van der Waals surface area contributed by atoms with Gasteiger partial charge in [0.15, 0.2) is 17.2 Å². The minimum Gasteiger partial charge on any atom is -0.450 e. The number of halogens is 4. The first kappa shape index (κ1) is 27.4. The number of nitrogens with zero attached hydrogens (tertiary/aromatic N) is 8. The molecule has 0 spiro atoms. The number of imidazole rings is 1. The molecule has 5 heterocycles. The van der Waals surface area contributed by atoms with Gasteiger partial charge in [-0.25, -0.2) is 15.0 Å². The van der Waals surface area contributed by atoms with E-state index in [-0.39, 0.29) is 45.0 Å². The van der Waals surface area contributed by atoms with Gasteiger partial charge in [0.05, 0.1) is 36.0 Å². The Morgan fingerprint density at radius 1 is 1.12 bits per heavy atom. The normalized spacial score (nSPS) is 12.1. The van der Waals surface area contributed by atoms with Crippen molar-refractivity contribution in [2.24, 2.45) is 19.8 Å². The fraction of sp³-hybridized carbons (Fsp3) is 0.167. The lowest BCUT2D eigenvalue weighted by Gasteiger charge is -2.14. The third-order valence-corrected chi connectivity index (χ3v) is 6.26. The fourth-order valence-electron chi connectivity index (χ4n) is 3.84. The summed E-state index contributed by atoms with van der Waals surface area (Å²) in [6, 6.07) is 0.705. The molecule has 0 amide bonds. The van der Waals surface area contributed by atoms with Gasteiger partial charge in [-0.1, -0.05) is 11.6 Å². The third kappa shape index (κ3) is 5.23. The maximum Gasteiger partial charge on any atom is 0.417 e. The van der Waals surface area contributed by atoms with Crippen LogP contribution in [-0.2, 0) is 20.3 Å². The Labute approximate surface area is 234 Å². The summed E-state index contributed by atoms with van der Waals surface area (Å²) in [5, 5.41) is 9.55. The molecule has 0 saturated heterocycles. The molecule has 5 rings (SSSR count). The Hall–Kier alpha value is -5.12. The van der Waals surface area contributed by atoms with Gasteiger partial charge >= 0.3 is 6.18 Å². The molecule has 0 unspecified atom stereocenters. The summed E-state index contributed by atoms with van der Waals surface area (Å²) in [4.78, 5) is 30.2. The van der Waals surface area contributed by atoms with E-state index in [0.29, 0.717) is 23.8 Å². The molecule has 0 aromatic carbocycles. The topological polar surface area (TPSA) is 156 Å². The molecule has 5 aromatic rings. The van der Waals surface area contributed by atoms with Crippen molar-refractivity contribution < 1.29 is 17.9 Å². The fourth-order valence-corrected chi connectivity index (χ4v) is 4.14. The van der Waals surface area contributed by atoms with Crippen molar-refractivity contribution in [3.63, 3.8) is 0 Å². The van der Waals surface area contributed by atoms with Crippen LogP contribution in [0.5, 0.6) is 5.75 Å². The van der Waals surface area contributed by atoms with Crippen LogP contribution in [0.3, 0.4) is 0 Å². The van der Waals surface area contributed by atoms with E-state index in [2.05, 4.69) is 35.7 Å². The van der Waals surface area contributed by atoms with Crippen LogP contribution in [0.2, 0.25) is 5.02 Å². The number of hydrogen-bond donors (Lipinski definition) is 3. The van der Waals surface area contributed by atoms with Crippen LogP contribution < -0.4 is 26.7 Å². The molecule has 0 aliphatic heterocycles. The van der Waals surface area contributed by atoms with Gasteiger partial charge in [-0.3, -0.25) is 14.0 Å². The smallest absolute Gasteiger partial charge is 0.417 e. The van der Waals surface area contributed by atoms with Gasteiger partial charge in [-0.2, -0.15) is 23.3 Å². The van der Waals surface area contributed by atoms with E-state index < -0.39 is 17.3 Å². The average Bonchev–Trinajstić information content (AvgIpc) is 3.51. The van der Waals surface area contributed by atoms with Crippen molar-refractivity contribution in [2.75, 3.05) is 17.7 Å². The highest BCUT2D eigenvalue weighted by atomic mass is 35.5. The maximum atomic E-state index is 13.7. The summed E-state index contributed by atoms with van der Waals surface area (Å²) in [5.74, 6) is 0.782. The average molecular weight is 588 g/mol. The molecule has 4 N–H and O–H groups in total. The number of rotatable bonds is 7. The Kier molecular flexibility index (Phi) is 7.00. The number of aromatic nitrogens is 8. The summed E-state index contributed by atoms with van der Waals surface area (Å²) in [7, 11) is 4.82. The van der Waals surface area contributed by atoms with E-state index in [0.717, 1.165) is 4.57 Å². The van der Waals surface area contributed by atoms with Crippen molar-refractivity contribution in [1.29, 1.82) is 0 Å². The first-order chi connectivity index (χ1) is 19.5. The van der Waals surface area contributed by atoms with Crippen LogP contribution in [0, 0.1) is 0 Å². The summed E-state index contributed by atoms with van der Waals surface area (Å²) >= 11 is 6.63. The van der Waals surface area contributed by atoms with Crippen LogP contribution >= 0.6 is 11.6 Å². The van der Waals surface area contributed by atoms with Crippen molar-refractivity contribution in [3.8, 4) is 11.4 Å². The van der Waals surface area contributed by atoms with Crippen LogP contribution in [-0.4, -0.2) is 45.9 Å². The van der Waals surface area contributed by atoms with Gasteiger partial charge in [0.1, 0.15) is 27.7 Å². The molecule has 13 nitrogen and oxygen atoms in total. The van der Waals surface area contributed by atoms with Gasteiger partial charge in [0.25, 0.3) is 5.56 Å². The molecule has 212 valence electrons. The number of nitrogens with two attached hydrogens (primary N) is 1. The second-order valence-corrected chi connectivity index (χ2v) is 8.96. The molecule has 0 fully saturated rings. The summed E-state index contributed by atoms with van der Waals surface area (Å²) in [5.41, 5.74) is 4.44. The minimum absolute atomic E-state index is 0.00354. The molecule has 0 aliphatic rings. The SMILES string of the molecule is CNc1cnc(/C(=C\N)Oc2cnc3nc(Nc4cc(C(F)(F)F)cn(-c5cnn(C)c5)c4=O)n(C)c3c2Cl)cn1. The summed E-state index contributed by atoms with van der Waals surface area (Å²) in [6.07, 6.45) is 4.09. The number of nitrogens with one attached hydrogen (secondary N) is 2. The summed E-state index contributed by atoms with van der Waals surface area (Å²) < 4.78 is 50.7. The van der Waals surface area contributed by atoms with Crippen LogP contribution in [0.15, 0.2) is 54.2 Å².